The van der Waals surface area contributed by atoms with Gasteiger partial charge >= 0.3 is 30.4 Å². The second-order valence-electron chi connectivity index (χ2n) is 3.57. The SMILES string of the molecule is C=CC(=O)OCC(OC(F)(F)C(F)(F)C(F)(F)F)C(F)(F)F. The molecule has 130 valence electrons. The minimum Gasteiger partial charge on any atom is -0.459 e. The largest absolute Gasteiger partial charge is 0.462 e. The number of rotatable bonds is 6. The summed E-state index contributed by atoms with van der Waals surface area (Å²) < 4.78 is 129. The molecule has 0 aliphatic heterocycles. The summed E-state index contributed by atoms with van der Waals surface area (Å²) in [6.45, 7) is 0.662. The van der Waals surface area contributed by atoms with Gasteiger partial charge in [-0.2, -0.15) is 43.9 Å². The predicted molar refractivity (Wildman–Crippen MR) is 48.0 cm³/mol. The van der Waals surface area contributed by atoms with E-state index in [1.54, 1.807) is 0 Å². The fraction of sp³-hybridized carbons (Fsp3) is 0.667. The van der Waals surface area contributed by atoms with Crippen molar-refractivity contribution < 1.29 is 58.2 Å². The van der Waals surface area contributed by atoms with E-state index in [1.165, 1.54) is 0 Å². The molecule has 0 aliphatic rings. The summed E-state index contributed by atoms with van der Waals surface area (Å²) in [5.41, 5.74) is 0. The average Bonchev–Trinajstić information content (AvgIpc) is 2.30. The molecule has 0 aromatic carbocycles. The van der Waals surface area contributed by atoms with Crippen LogP contribution in [0.5, 0.6) is 0 Å². The lowest BCUT2D eigenvalue weighted by molar-refractivity contribution is -0.446. The molecular formula is C9H6F10O3. The monoisotopic (exact) mass is 352 g/mol. The van der Waals surface area contributed by atoms with Crippen LogP contribution in [-0.2, 0) is 14.3 Å². The Morgan fingerprint density at radius 3 is 1.77 bits per heavy atom. The van der Waals surface area contributed by atoms with Crippen molar-refractivity contribution in [1.82, 2.24) is 0 Å². The van der Waals surface area contributed by atoms with Crippen LogP contribution in [0.15, 0.2) is 12.7 Å². The molecular weight excluding hydrogens is 346 g/mol. The first-order valence-corrected chi connectivity index (χ1v) is 4.92. The van der Waals surface area contributed by atoms with Crippen molar-refractivity contribution >= 4 is 5.97 Å². The molecule has 0 aromatic heterocycles. The maximum Gasteiger partial charge on any atom is 0.462 e. The van der Waals surface area contributed by atoms with Gasteiger partial charge in [-0.25, -0.2) is 4.79 Å². The number of hydrogen-bond acceptors (Lipinski definition) is 3. The van der Waals surface area contributed by atoms with E-state index in [9.17, 15) is 48.7 Å². The predicted octanol–water partition coefficient (Wildman–Crippen LogP) is 3.45. The van der Waals surface area contributed by atoms with Gasteiger partial charge in [0.05, 0.1) is 0 Å². The van der Waals surface area contributed by atoms with Crippen molar-refractivity contribution in [2.75, 3.05) is 6.61 Å². The molecule has 0 amide bonds. The zero-order chi connectivity index (χ0) is 18.0. The first-order chi connectivity index (χ1) is 9.56. The van der Waals surface area contributed by atoms with Crippen molar-refractivity contribution in [3.63, 3.8) is 0 Å². The van der Waals surface area contributed by atoms with Crippen LogP contribution in [-0.4, -0.2) is 43.1 Å². The van der Waals surface area contributed by atoms with Gasteiger partial charge in [-0.15, -0.1) is 0 Å². The number of halogens is 10. The van der Waals surface area contributed by atoms with Gasteiger partial charge in [0, 0.05) is 6.08 Å². The summed E-state index contributed by atoms with van der Waals surface area (Å²) in [4.78, 5) is 10.5. The number of alkyl halides is 10. The Labute approximate surface area is 115 Å². The zero-order valence-corrected chi connectivity index (χ0v) is 10.1. The van der Waals surface area contributed by atoms with Gasteiger partial charge in [0.2, 0.25) is 0 Å². The lowest BCUT2D eigenvalue weighted by Gasteiger charge is -2.31. The molecule has 1 atom stereocenters. The highest BCUT2D eigenvalue weighted by atomic mass is 19.4. The van der Waals surface area contributed by atoms with Crippen LogP contribution in [0.4, 0.5) is 43.9 Å². The Balaban J connectivity index is 5.30. The quantitative estimate of drug-likeness (QED) is 0.417. The van der Waals surface area contributed by atoms with Gasteiger partial charge in [0.15, 0.2) is 6.10 Å². The molecule has 1 unspecified atom stereocenters. The van der Waals surface area contributed by atoms with Gasteiger partial charge in [0.1, 0.15) is 6.61 Å². The summed E-state index contributed by atoms with van der Waals surface area (Å²) in [7, 11) is 0. The average molecular weight is 352 g/mol. The van der Waals surface area contributed by atoms with Gasteiger partial charge in [-0.1, -0.05) is 6.58 Å². The first-order valence-electron chi connectivity index (χ1n) is 4.92. The second kappa shape index (κ2) is 6.30. The Morgan fingerprint density at radius 1 is 1.00 bits per heavy atom. The maximum atomic E-state index is 12.7. The molecule has 0 heterocycles. The Kier molecular flexibility index (Phi) is 5.86. The van der Waals surface area contributed by atoms with Crippen molar-refractivity contribution in [2.45, 2.75) is 30.5 Å². The number of ether oxygens (including phenoxy) is 2. The van der Waals surface area contributed by atoms with Crippen LogP contribution in [0.3, 0.4) is 0 Å². The molecule has 0 fully saturated rings. The highest BCUT2D eigenvalue weighted by Crippen LogP contribution is 2.48. The van der Waals surface area contributed by atoms with Crippen LogP contribution in [0.2, 0.25) is 0 Å². The van der Waals surface area contributed by atoms with Crippen molar-refractivity contribution in [1.29, 1.82) is 0 Å². The fourth-order valence-electron chi connectivity index (χ4n) is 0.830. The van der Waals surface area contributed by atoms with E-state index in [0.717, 1.165) is 0 Å². The lowest BCUT2D eigenvalue weighted by Crippen LogP contribution is -2.56. The van der Waals surface area contributed by atoms with E-state index in [2.05, 4.69) is 16.1 Å². The summed E-state index contributed by atoms with van der Waals surface area (Å²) in [6, 6.07) is 0. The Morgan fingerprint density at radius 2 is 1.45 bits per heavy atom. The molecule has 0 bridgehead atoms. The molecule has 0 saturated carbocycles. The first kappa shape index (κ1) is 20.5. The lowest BCUT2D eigenvalue weighted by atomic mass is 10.3. The summed E-state index contributed by atoms with van der Waals surface area (Å²) >= 11 is 0. The minimum absolute atomic E-state index is 0.301. The van der Waals surface area contributed by atoms with Crippen LogP contribution in [0.1, 0.15) is 0 Å². The fourth-order valence-corrected chi connectivity index (χ4v) is 0.830. The van der Waals surface area contributed by atoms with E-state index in [-0.39, 0.29) is 0 Å². The smallest absolute Gasteiger partial charge is 0.459 e. The highest BCUT2D eigenvalue weighted by Gasteiger charge is 2.75. The third kappa shape index (κ3) is 4.74. The van der Waals surface area contributed by atoms with Gasteiger partial charge < -0.3 is 4.74 Å². The summed E-state index contributed by atoms with van der Waals surface area (Å²) in [5.74, 6) is -8.46. The third-order valence-corrected chi connectivity index (χ3v) is 1.92. The van der Waals surface area contributed by atoms with Crippen LogP contribution < -0.4 is 0 Å². The Bertz CT molecular complexity index is 411. The molecule has 0 aliphatic carbocycles. The number of hydrogen-bond donors (Lipinski definition) is 0. The van der Waals surface area contributed by atoms with E-state index < -0.39 is 43.1 Å². The van der Waals surface area contributed by atoms with Crippen molar-refractivity contribution in [2.24, 2.45) is 0 Å². The number of carbonyl (C=O) groups is 1. The molecule has 0 rings (SSSR count). The Hall–Kier alpha value is -1.53. The highest BCUT2D eigenvalue weighted by molar-refractivity contribution is 5.81. The maximum absolute atomic E-state index is 12.7. The normalized spacial score (nSPS) is 15.4. The van der Waals surface area contributed by atoms with E-state index in [1.807, 2.05) is 0 Å². The minimum atomic E-state index is -6.90. The topological polar surface area (TPSA) is 35.5 Å². The standard InChI is InChI=1S/C9H6F10O3/c1-2-5(20)21-3-4(6(10,11)12)22-9(18,19)7(13,14)8(15,16)17/h2,4H,1,3H2. The van der Waals surface area contributed by atoms with Crippen LogP contribution in [0, 0.1) is 0 Å². The molecule has 0 radical (unpaired) electrons. The van der Waals surface area contributed by atoms with Gasteiger partial charge in [0.25, 0.3) is 0 Å². The molecule has 0 aromatic rings. The molecule has 0 N–H and O–H groups in total. The number of carbonyl (C=O) groups excluding carboxylic acids is 1. The zero-order valence-electron chi connectivity index (χ0n) is 10.1. The third-order valence-electron chi connectivity index (χ3n) is 1.92. The van der Waals surface area contributed by atoms with Gasteiger partial charge in [-0.3, -0.25) is 4.74 Å². The second-order valence-corrected chi connectivity index (χ2v) is 3.57. The van der Waals surface area contributed by atoms with Crippen molar-refractivity contribution in [3.8, 4) is 0 Å². The molecule has 13 heteroatoms. The van der Waals surface area contributed by atoms with Crippen LogP contribution in [0.25, 0.3) is 0 Å². The number of esters is 1. The molecule has 0 spiro atoms. The summed E-state index contributed by atoms with van der Waals surface area (Å²) in [6.07, 6.45) is -22.8. The summed E-state index contributed by atoms with van der Waals surface area (Å²) in [5, 5.41) is 0. The molecule has 22 heavy (non-hydrogen) atoms. The van der Waals surface area contributed by atoms with Crippen LogP contribution >= 0.6 is 0 Å². The van der Waals surface area contributed by atoms with Gasteiger partial charge in [-0.05, 0) is 0 Å². The van der Waals surface area contributed by atoms with E-state index in [0.29, 0.717) is 6.08 Å². The molecule has 3 nitrogen and oxygen atoms in total. The van der Waals surface area contributed by atoms with Crippen molar-refractivity contribution in [3.05, 3.63) is 12.7 Å². The molecule has 0 saturated heterocycles. The van der Waals surface area contributed by atoms with E-state index >= 15 is 0 Å². The van der Waals surface area contributed by atoms with E-state index in [4.69, 9.17) is 0 Å².